The first-order chi connectivity index (χ1) is 14.9. The van der Waals surface area contributed by atoms with E-state index >= 15 is 0 Å². The molecule has 3 heterocycles. The molecular weight excluding hydrogens is 481 g/mol. The molecule has 1 unspecified atom stereocenters. The highest BCUT2D eigenvalue weighted by atomic mass is 35.5. The van der Waals surface area contributed by atoms with Crippen LogP contribution in [0.4, 0.5) is 0 Å². The first-order valence-corrected chi connectivity index (χ1v) is 13.1. The Morgan fingerprint density at radius 3 is 2.84 bits per heavy atom. The minimum absolute atomic E-state index is 0. The van der Waals surface area contributed by atoms with E-state index in [0.717, 1.165) is 50.3 Å². The number of nitrogens with zero attached hydrogens (tertiary/aromatic N) is 5. The zero-order valence-corrected chi connectivity index (χ0v) is 21.9. The molecule has 5 nitrogen and oxygen atoms in total. The lowest BCUT2D eigenvalue weighted by Crippen LogP contribution is -2.29. The van der Waals surface area contributed by atoms with Crippen molar-refractivity contribution in [3.63, 3.8) is 0 Å². The van der Waals surface area contributed by atoms with E-state index in [-0.39, 0.29) is 12.4 Å². The number of fused-ring (bicyclic) bond motifs is 2. The first-order valence-electron chi connectivity index (χ1n) is 10.9. The van der Waals surface area contributed by atoms with Crippen molar-refractivity contribution < 1.29 is 0 Å². The monoisotopic (exact) mass is 509 g/mol. The summed E-state index contributed by atoms with van der Waals surface area (Å²) in [5, 5.41) is 11.8. The van der Waals surface area contributed by atoms with Gasteiger partial charge < -0.3 is 9.47 Å². The van der Waals surface area contributed by atoms with Crippen molar-refractivity contribution in [1.82, 2.24) is 24.6 Å². The average molecular weight is 511 g/mol. The van der Waals surface area contributed by atoms with Crippen LogP contribution in [0.25, 0.3) is 10.7 Å². The van der Waals surface area contributed by atoms with Crippen LogP contribution in [0.3, 0.4) is 0 Å². The number of benzene rings is 1. The zero-order valence-electron chi connectivity index (χ0n) is 18.7. The molecule has 1 spiro atoms. The molecule has 0 amide bonds. The molecule has 2 aliphatic rings. The number of thioether (sulfide) groups is 1. The number of likely N-dealkylation sites (tertiary alicyclic amines) is 1. The molecule has 1 fully saturated rings. The van der Waals surface area contributed by atoms with Crippen LogP contribution in [0.2, 0.25) is 5.02 Å². The highest BCUT2D eigenvalue weighted by Crippen LogP contribution is 2.46. The molecular formula is C23H29Cl2N5S2. The van der Waals surface area contributed by atoms with Gasteiger partial charge in [-0.1, -0.05) is 29.4 Å². The Morgan fingerprint density at radius 1 is 1.22 bits per heavy atom. The van der Waals surface area contributed by atoms with Crippen molar-refractivity contribution in [2.45, 2.75) is 50.1 Å². The minimum Gasteiger partial charge on any atom is -0.304 e. The standard InChI is InChI=1S/C23H28ClN5S2.ClH/c1-15-20(31-16(2)25-15)21-26-27-22(28(21)3)30-12-4-10-29-11-9-23(14-29)8-7-17-5-6-18(24)13-19(17)23;/h5-6,13H,4,7-12,14H2,1-3H3;1H. The molecule has 9 heteroatoms. The topological polar surface area (TPSA) is 46.8 Å². The van der Waals surface area contributed by atoms with Crippen molar-refractivity contribution >= 4 is 47.1 Å². The van der Waals surface area contributed by atoms with Crippen molar-refractivity contribution in [1.29, 1.82) is 0 Å². The molecule has 32 heavy (non-hydrogen) atoms. The molecule has 1 aliphatic heterocycles. The van der Waals surface area contributed by atoms with E-state index in [1.54, 1.807) is 23.1 Å². The predicted octanol–water partition coefficient (Wildman–Crippen LogP) is 5.70. The molecule has 0 radical (unpaired) electrons. The average Bonchev–Trinajstić information content (AvgIpc) is 3.49. The number of thiazole rings is 1. The van der Waals surface area contributed by atoms with E-state index in [1.165, 1.54) is 43.5 Å². The summed E-state index contributed by atoms with van der Waals surface area (Å²) in [7, 11) is 2.05. The molecule has 1 aromatic carbocycles. The minimum atomic E-state index is 0. The second kappa shape index (κ2) is 9.63. The Bertz CT molecular complexity index is 1110. The van der Waals surface area contributed by atoms with Gasteiger partial charge in [-0.3, -0.25) is 0 Å². The first kappa shape index (κ1) is 24.0. The second-order valence-corrected chi connectivity index (χ2v) is 11.5. The van der Waals surface area contributed by atoms with E-state index in [0.29, 0.717) is 5.41 Å². The molecule has 0 N–H and O–H groups in total. The Kier molecular flexibility index (Phi) is 7.23. The van der Waals surface area contributed by atoms with Gasteiger partial charge in [-0.05, 0) is 75.9 Å². The third-order valence-corrected chi connectivity index (χ3v) is 9.15. The molecule has 3 aromatic rings. The van der Waals surface area contributed by atoms with Crippen LogP contribution in [-0.4, -0.2) is 50.0 Å². The Hall–Kier alpha value is -1.12. The van der Waals surface area contributed by atoms with Gasteiger partial charge in [0, 0.05) is 29.8 Å². The summed E-state index contributed by atoms with van der Waals surface area (Å²) < 4.78 is 2.11. The fraction of sp³-hybridized carbons (Fsp3) is 0.522. The largest absolute Gasteiger partial charge is 0.304 e. The van der Waals surface area contributed by atoms with Crippen molar-refractivity contribution in [3.05, 3.63) is 45.1 Å². The maximum absolute atomic E-state index is 6.31. The highest BCUT2D eigenvalue weighted by Gasteiger charge is 2.43. The van der Waals surface area contributed by atoms with Crippen molar-refractivity contribution in [2.75, 3.05) is 25.4 Å². The van der Waals surface area contributed by atoms with Crippen LogP contribution in [0.15, 0.2) is 23.4 Å². The van der Waals surface area contributed by atoms with Crippen molar-refractivity contribution in [2.24, 2.45) is 7.05 Å². The fourth-order valence-corrected chi connectivity index (χ4v) is 7.12. The van der Waals surface area contributed by atoms with E-state index in [9.17, 15) is 0 Å². The summed E-state index contributed by atoms with van der Waals surface area (Å²) in [5.74, 6) is 1.98. The van der Waals surface area contributed by atoms with E-state index < -0.39 is 0 Å². The molecule has 1 aliphatic carbocycles. The van der Waals surface area contributed by atoms with Gasteiger partial charge in [0.1, 0.15) is 0 Å². The van der Waals surface area contributed by atoms with Gasteiger partial charge in [0.05, 0.1) is 15.6 Å². The van der Waals surface area contributed by atoms with E-state index in [1.807, 2.05) is 19.9 Å². The maximum Gasteiger partial charge on any atom is 0.191 e. The lowest BCUT2D eigenvalue weighted by Gasteiger charge is -2.25. The second-order valence-electron chi connectivity index (χ2n) is 8.82. The summed E-state index contributed by atoms with van der Waals surface area (Å²) in [6.07, 6.45) is 4.88. The lowest BCUT2D eigenvalue weighted by molar-refractivity contribution is 0.310. The van der Waals surface area contributed by atoms with E-state index in [2.05, 4.69) is 43.8 Å². The molecule has 172 valence electrons. The van der Waals surface area contributed by atoms with E-state index in [4.69, 9.17) is 11.6 Å². The SMILES string of the molecule is Cc1nc(C)c(-c2nnc(SCCCN3CCC4(CCc5ccc(Cl)cc54)C3)n2C)s1.Cl. The third-order valence-electron chi connectivity index (χ3n) is 6.74. The number of aromatic nitrogens is 4. The molecule has 2 aromatic heterocycles. The van der Waals surface area contributed by atoms with Gasteiger partial charge >= 0.3 is 0 Å². The van der Waals surface area contributed by atoms with Crippen LogP contribution in [0.1, 0.15) is 41.1 Å². The zero-order chi connectivity index (χ0) is 21.6. The molecule has 1 atom stereocenters. The van der Waals surface area contributed by atoms with Gasteiger partial charge in [-0.2, -0.15) is 0 Å². The smallest absolute Gasteiger partial charge is 0.191 e. The Balaban J connectivity index is 0.00000245. The van der Waals surface area contributed by atoms with Crippen LogP contribution in [-0.2, 0) is 18.9 Å². The number of hydrogen-bond donors (Lipinski definition) is 0. The predicted molar refractivity (Wildman–Crippen MR) is 137 cm³/mol. The molecule has 0 bridgehead atoms. The third kappa shape index (κ3) is 4.47. The van der Waals surface area contributed by atoms with Crippen molar-refractivity contribution in [3.8, 4) is 10.7 Å². The van der Waals surface area contributed by atoms with Crippen LogP contribution < -0.4 is 0 Å². The quantitative estimate of drug-likeness (QED) is 0.314. The molecule has 1 saturated heterocycles. The van der Waals surface area contributed by atoms with Gasteiger partial charge in [-0.25, -0.2) is 4.98 Å². The summed E-state index contributed by atoms with van der Waals surface area (Å²) in [6, 6.07) is 6.50. The number of halogens is 2. The summed E-state index contributed by atoms with van der Waals surface area (Å²) in [4.78, 5) is 8.29. The number of hydrogen-bond acceptors (Lipinski definition) is 6. The van der Waals surface area contributed by atoms with Crippen LogP contribution >= 0.6 is 47.1 Å². The number of rotatable bonds is 6. The normalized spacial score (nSPS) is 20.1. The lowest BCUT2D eigenvalue weighted by atomic mass is 9.81. The van der Waals surface area contributed by atoms with Crippen LogP contribution in [0.5, 0.6) is 0 Å². The molecule has 5 rings (SSSR count). The van der Waals surface area contributed by atoms with Gasteiger partial charge in [0.15, 0.2) is 11.0 Å². The summed E-state index contributed by atoms with van der Waals surface area (Å²) >= 11 is 9.80. The van der Waals surface area contributed by atoms with Gasteiger partial charge in [0.2, 0.25) is 0 Å². The maximum atomic E-state index is 6.31. The Labute approximate surface area is 209 Å². The van der Waals surface area contributed by atoms with Crippen LogP contribution in [0, 0.1) is 13.8 Å². The van der Waals surface area contributed by atoms with Gasteiger partial charge in [-0.15, -0.1) is 33.9 Å². The molecule has 0 saturated carbocycles. The summed E-state index contributed by atoms with van der Waals surface area (Å²) in [5.41, 5.74) is 4.38. The summed E-state index contributed by atoms with van der Waals surface area (Å²) in [6.45, 7) is 7.58. The fourth-order valence-electron chi connectivity index (χ4n) is 5.17. The van der Waals surface area contributed by atoms with Gasteiger partial charge in [0.25, 0.3) is 0 Å². The highest BCUT2D eigenvalue weighted by molar-refractivity contribution is 7.99. The number of aryl methyl sites for hydroxylation is 3. The Morgan fingerprint density at radius 2 is 2.06 bits per heavy atom.